The van der Waals surface area contributed by atoms with E-state index in [1.807, 2.05) is 35.9 Å². The van der Waals surface area contributed by atoms with Crippen molar-refractivity contribution < 1.29 is 5.11 Å². The number of benzene rings is 1. The Kier molecular flexibility index (Phi) is 3.62. The van der Waals surface area contributed by atoms with E-state index >= 15 is 0 Å². The summed E-state index contributed by atoms with van der Waals surface area (Å²) < 4.78 is 1.82. The maximum absolute atomic E-state index is 9.45. The molecule has 0 saturated heterocycles. The predicted octanol–water partition coefficient (Wildman–Crippen LogP) is 2.72. The average molecular weight is 285 g/mol. The Morgan fingerprint density at radius 2 is 2.15 bits per heavy atom. The third-order valence-corrected chi connectivity index (χ3v) is 4.04. The fourth-order valence-electron chi connectivity index (χ4n) is 2.18. The van der Waals surface area contributed by atoms with Gasteiger partial charge in [0.1, 0.15) is 5.69 Å². The molecular weight excluding hydrogens is 270 g/mol. The summed E-state index contributed by atoms with van der Waals surface area (Å²) in [6.07, 6.45) is 0.731. The first-order chi connectivity index (χ1) is 9.78. The topological polar surface area (TPSA) is 50.9 Å². The Morgan fingerprint density at radius 1 is 1.25 bits per heavy atom. The van der Waals surface area contributed by atoms with Crippen LogP contribution in [0.5, 0.6) is 0 Å². The summed E-state index contributed by atoms with van der Waals surface area (Å²) in [6, 6.07) is 12.2. The fourth-order valence-corrected chi connectivity index (χ4v) is 2.89. The number of nitrogens with zero attached hydrogens (tertiary/aromatic N) is 3. The second-order valence-electron chi connectivity index (χ2n) is 4.65. The van der Waals surface area contributed by atoms with Crippen molar-refractivity contribution in [2.75, 3.05) is 0 Å². The summed E-state index contributed by atoms with van der Waals surface area (Å²) >= 11 is 1.70. The van der Waals surface area contributed by atoms with Gasteiger partial charge >= 0.3 is 0 Å². The lowest BCUT2D eigenvalue weighted by Gasteiger charge is -2.07. The zero-order chi connectivity index (χ0) is 13.9. The zero-order valence-corrected chi connectivity index (χ0v) is 12.0. The summed E-state index contributed by atoms with van der Waals surface area (Å²) in [5.74, 6) is 0. The fraction of sp³-hybridized carbons (Fsp3) is 0.200. The van der Waals surface area contributed by atoms with Gasteiger partial charge in [0, 0.05) is 11.3 Å². The summed E-state index contributed by atoms with van der Waals surface area (Å²) in [6.45, 7) is 1.96. The molecule has 0 atom stereocenters. The lowest BCUT2D eigenvalue weighted by atomic mass is 10.2. The molecule has 0 aliphatic rings. The Bertz CT molecular complexity index is 704. The number of hydrogen-bond donors (Lipinski definition) is 1. The molecule has 5 heteroatoms. The van der Waals surface area contributed by atoms with Gasteiger partial charge in [0.05, 0.1) is 18.0 Å². The summed E-state index contributed by atoms with van der Waals surface area (Å²) in [5.41, 5.74) is 3.73. The van der Waals surface area contributed by atoms with Gasteiger partial charge in [-0.3, -0.25) is 0 Å². The van der Waals surface area contributed by atoms with Crippen LogP contribution in [0.15, 0.2) is 41.8 Å². The van der Waals surface area contributed by atoms with Gasteiger partial charge < -0.3 is 5.11 Å². The van der Waals surface area contributed by atoms with Crippen molar-refractivity contribution in [2.45, 2.75) is 20.0 Å². The minimum atomic E-state index is -0.0907. The number of aromatic nitrogens is 3. The third-order valence-electron chi connectivity index (χ3n) is 3.16. The first-order valence-corrected chi connectivity index (χ1v) is 7.29. The van der Waals surface area contributed by atoms with Gasteiger partial charge in [0.25, 0.3) is 0 Å². The molecule has 0 fully saturated rings. The minimum Gasteiger partial charge on any atom is -0.390 e. The molecule has 20 heavy (non-hydrogen) atoms. The second kappa shape index (κ2) is 5.56. The van der Waals surface area contributed by atoms with Crippen LogP contribution in [-0.2, 0) is 13.0 Å². The first kappa shape index (κ1) is 13.0. The number of rotatable bonds is 4. The van der Waals surface area contributed by atoms with E-state index in [4.69, 9.17) is 0 Å². The van der Waals surface area contributed by atoms with E-state index < -0.39 is 0 Å². The molecule has 4 nitrogen and oxygen atoms in total. The van der Waals surface area contributed by atoms with Gasteiger partial charge in [-0.15, -0.1) is 16.4 Å². The summed E-state index contributed by atoms with van der Waals surface area (Å²) in [4.78, 5) is 1.23. The van der Waals surface area contributed by atoms with E-state index in [2.05, 4.69) is 27.8 Å². The molecule has 0 aliphatic carbocycles. The van der Waals surface area contributed by atoms with Crippen molar-refractivity contribution in [2.24, 2.45) is 0 Å². The highest BCUT2D eigenvalue weighted by Gasteiger charge is 2.14. The number of aryl methyl sites for hydroxylation is 1. The molecule has 102 valence electrons. The van der Waals surface area contributed by atoms with Crippen molar-refractivity contribution in [1.82, 2.24) is 15.0 Å². The highest BCUT2D eigenvalue weighted by molar-refractivity contribution is 7.09. The third kappa shape index (κ3) is 2.50. The normalized spacial score (nSPS) is 10.9. The molecule has 3 rings (SSSR count). The second-order valence-corrected chi connectivity index (χ2v) is 5.68. The van der Waals surface area contributed by atoms with Crippen molar-refractivity contribution in [3.63, 3.8) is 0 Å². The number of thiophene rings is 1. The van der Waals surface area contributed by atoms with Gasteiger partial charge in [-0.25, -0.2) is 4.68 Å². The monoisotopic (exact) mass is 285 g/mol. The van der Waals surface area contributed by atoms with Crippen molar-refractivity contribution in [3.05, 3.63) is 63.6 Å². The molecule has 0 radical (unpaired) electrons. The molecule has 2 heterocycles. The molecule has 0 amide bonds. The van der Waals surface area contributed by atoms with Crippen LogP contribution in [0.4, 0.5) is 0 Å². The van der Waals surface area contributed by atoms with Crippen LogP contribution in [0.25, 0.3) is 5.69 Å². The van der Waals surface area contributed by atoms with Crippen LogP contribution >= 0.6 is 11.3 Å². The summed E-state index contributed by atoms with van der Waals surface area (Å²) in [7, 11) is 0. The molecule has 0 spiro atoms. The van der Waals surface area contributed by atoms with Crippen LogP contribution in [-0.4, -0.2) is 20.1 Å². The van der Waals surface area contributed by atoms with Crippen LogP contribution in [0.1, 0.15) is 21.8 Å². The average Bonchev–Trinajstić information content (AvgIpc) is 3.08. The lowest BCUT2D eigenvalue weighted by molar-refractivity contribution is 0.275. The van der Waals surface area contributed by atoms with Gasteiger partial charge in [-0.05, 0) is 36.1 Å². The van der Waals surface area contributed by atoms with Crippen molar-refractivity contribution >= 4 is 11.3 Å². The standard InChI is InChI=1S/C15H15N3OS/c1-11-4-2-5-12(8-11)18-15(14(10-19)16-17-18)9-13-6-3-7-20-13/h2-8,19H,9-10H2,1H3. The van der Waals surface area contributed by atoms with Gasteiger partial charge in [-0.2, -0.15) is 0 Å². The highest BCUT2D eigenvalue weighted by Crippen LogP contribution is 2.20. The molecular formula is C15H15N3OS. The molecule has 3 aromatic rings. The Balaban J connectivity index is 2.05. The Hall–Kier alpha value is -1.98. The van der Waals surface area contributed by atoms with Gasteiger partial charge in [0.15, 0.2) is 0 Å². The number of aliphatic hydroxyl groups is 1. The largest absolute Gasteiger partial charge is 0.390 e. The van der Waals surface area contributed by atoms with E-state index in [1.54, 1.807) is 11.3 Å². The van der Waals surface area contributed by atoms with E-state index in [9.17, 15) is 5.11 Å². The summed E-state index contributed by atoms with van der Waals surface area (Å²) in [5, 5.41) is 19.8. The minimum absolute atomic E-state index is 0.0907. The van der Waals surface area contributed by atoms with E-state index in [1.165, 1.54) is 10.4 Å². The van der Waals surface area contributed by atoms with Crippen LogP contribution < -0.4 is 0 Å². The quantitative estimate of drug-likeness (QED) is 0.802. The first-order valence-electron chi connectivity index (χ1n) is 6.41. The van der Waals surface area contributed by atoms with Gasteiger partial charge in [0.2, 0.25) is 0 Å². The Labute approximate surface area is 121 Å². The predicted molar refractivity (Wildman–Crippen MR) is 79.1 cm³/mol. The lowest BCUT2D eigenvalue weighted by Crippen LogP contribution is -2.04. The van der Waals surface area contributed by atoms with E-state index in [0.29, 0.717) is 5.69 Å². The van der Waals surface area contributed by atoms with Crippen LogP contribution in [0, 0.1) is 6.92 Å². The van der Waals surface area contributed by atoms with Crippen molar-refractivity contribution in [3.8, 4) is 5.69 Å². The zero-order valence-electron chi connectivity index (χ0n) is 11.2. The number of aliphatic hydroxyl groups excluding tert-OH is 1. The van der Waals surface area contributed by atoms with E-state index in [-0.39, 0.29) is 6.61 Å². The number of hydrogen-bond acceptors (Lipinski definition) is 4. The van der Waals surface area contributed by atoms with Crippen LogP contribution in [0.2, 0.25) is 0 Å². The SMILES string of the molecule is Cc1cccc(-n2nnc(CO)c2Cc2cccs2)c1. The maximum Gasteiger partial charge on any atom is 0.112 e. The van der Waals surface area contributed by atoms with E-state index in [0.717, 1.165) is 17.8 Å². The molecule has 0 saturated carbocycles. The van der Waals surface area contributed by atoms with Gasteiger partial charge in [-0.1, -0.05) is 23.4 Å². The smallest absolute Gasteiger partial charge is 0.112 e. The molecule has 0 unspecified atom stereocenters. The molecule has 1 N–H and O–H groups in total. The molecule has 2 aromatic heterocycles. The van der Waals surface area contributed by atoms with Crippen LogP contribution in [0.3, 0.4) is 0 Å². The molecule has 0 aliphatic heterocycles. The molecule has 1 aromatic carbocycles. The van der Waals surface area contributed by atoms with Crippen molar-refractivity contribution in [1.29, 1.82) is 0 Å². The Morgan fingerprint density at radius 3 is 2.85 bits per heavy atom. The highest BCUT2D eigenvalue weighted by atomic mass is 32.1. The molecule has 0 bridgehead atoms. The maximum atomic E-state index is 9.45.